The minimum absolute atomic E-state index is 0.211. The zero-order valence-electron chi connectivity index (χ0n) is 12.2. The van der Waals surface area contributed by atoms with Crippen molar-refractivity contribution in [3.63, 3.8) is 0 Å². The van der Waals surface area contributed by atoms with Gasteiger partial charge in [0.25, 0.3) is 0 Å². The number of aliphatic carboxylic acids is 1. The van der Waals surface area contributed by atoms with Crippen molar-refractivity contribution in [1.82, 2.24) is 25.6 Å². The van der Waals surface area contributed by atoms with Crippen LogP contribution in [0.5, 0.6) is 0 Å². The summed E-state index contributed by atoms with van der Waals surface area (Å²) in [5, 5.41) is 21.8. The number of nitrogens with zero attached hydrogens (tertiary/aromatic N) is 3. The maximum absolute atomic E-state index is 11.8. The number of carboxylic acids is 1. The molecule has 1 saturated carbocycles. The van der Waals surface area contributed by atoms with E-state index in [1.807, 2.05) is 0 Å². The molecule has 1 heterocycles. The number of aromatic nitrogens is 3. The molecule has 0 bridgehead atoms. The average molecular weight is 295 g/mol. The normalized spacial score (nSPS) is 24.8. The standard InChI is InChI=1S/C13H21N5O3/c1-8-3-4-11(9(8)2)15-13(21)14-5-10-6-18(17-16-10)7-12(19)20/h6,8-9,11H,3-5,7H2,1-2H3,(H,19,20)(H2,14,15,21). The number of rotatable bonds is 5. The van der Waals surface area contributed by atoms with Crippen LogP contribution in [0.2, 0.25) is 0 Å². The lowest BCUT2D eigenvalue weighted by Gasteiger charge is -2.19. The van der Waals surface area contributed by atoms with Crippen LogP contribution < -0.4 is 10.6 Å². The second kappa shape index (κ2) is 6.55. The van der Waals surface area contributed by atoms with Crippen LogP contribution in [0.15, 0.2) is 6.20 Å². The molecule has 8 heteroatoms. The summed E-state index contributed by atoms with van der Waals surface area (Å²) in [6.07, 6.45) is 3.65. The number of hydrogen-bond acceptors (Lipinski definition) is 4. The number of carboxylic acid groups (broad SMARTS) is 1. The summed E-state index contributed by atoms with van der Waals surface area (Å²) in [5.41, 5.74) is 0.527. The van der Waals surface area contributed by atoms with Gasteiger partial charge in [-0.1, -0.05) is 19.1 Å². The summed E-state index contributed by atoms with van der Waals surface area (Å²) in [4.78, 5) is 22.4. The number of carbonyl (C=O) groups excluding carboxylic acids is 1. The van der Waals surface area contributed by atoms with Crippen LogP contribution in [0.4, 0.5) is 4.79 Å². The Kier molecular flexibility index (Phi) is 4.77. The molecule has 3 unspecified atom stereocenters. The Labute approximate surface area is 122 Å². The highest BCUT2D eigenvalue weighted by atomic mass is 16.4. The topological polar surface area (TPSA) is 109 Å². The van der Waals surface area contributed by atoms with Gasteiger partial charge >= 0.3 is 12.0 Å². The second-order valence-corrected chi connectivity index (χ2v) is 5.65. The third-order valence-electron chi connectivity index (χ3n) is 4.10. The molecule has 1 aromatic heterocycles. The monoisotopic (exact) mass is 295 g/mol. The third kappa shape index (κ3) is 4.17. The molecule has 0 aliphatic heterocycles. The first-order valence-corrected chi connectivity index (χ1v) is 7.11. The van der Waals surface area contributed by atoms with Crippen LogP contribution >= 0.6 is 0 Å². The molecule has 0 saturated heterocycles. The van der Waals surface area contributed by atoms with Gasteiger partial charge in [0.1, 0.15) is 12.2 Å². The lowest BCUT2D eigenvalue weighted by Crippen LogP contribution is -2.43. The van der Waals surface area contributed by atoms with E-state index in [1.165, 1.54) is 10.9 Å². The molecule has 1 aromatic rings. The fraction of sp³-hybridized carbons (Fsp3) is 0.692. The van der Waals surface area contributed by atoms with Gasteiger partial charge in [0.15, 0.2) is 0 Å². The van der Waals surface area contributed by atoms with Gasteiger partial charge in [-0.3, -0.25) is 4.79 Å². The van der Waals surface area contributed by atoms with Crippen molar-refractivity contribution in [1.29, 1.82) is 0 Å². The first kappa shape index (κ1) is 15.3. The van der Waals surface area contributed by atoms with Gasteiger partial charge in [0, 0.05) is 6.04 Å². The van der Waals surface area contributed by atoms with Gasteiger partial charge in [-0.2, -0.15) is 0 Å². The van der Waals surface area contributed by atoms with Gasteiger partial charge in [0.2, 0.25) is 0 Å². The van der Waals surface area contributed by atoms with E-state index in [1.54, 1.807) is 0 Å². The lowest BCUT2D eigenvalue weighted by molar-refractivity contribution is -0.137. The van der Waals surface area contributed by atoms with E-state index in [9.17, 15) is 9.59 Å². The van der Waals surface area contributed by atoms with Crippen molar-refractivity contribution < 1.29 is 14.7 Å². The number of nitrogens with one attached hydrogen (secondary N) is 2. The molecule has 8 nitrogen and oxygen atoms in total. The maximum atomic E-state index is 11.8. The van der Waals surface area contributed by atoms with Crippen LogP contribution in [0.1, 0.15) is 32.4 Å². The molecule has 1 aliphatic rings. The van der Waals surface area contributed by atoms with Crippen LogP contribution in [-0.2, 0) is 17.9 Å². The summed E-state index contributed by atoms with van der Waals surface area (Å²) in [6.45, 7) is 4.34. The van der Waals surface area contributed by atoms with Crippen molar-refractivity contribution in [2.45, 2.75) is 45.8 Å². The van der Waals surface area contributed by atoms with Gasteiger partial charge < -0.3 is 15.7 Å². The van der Waals surface area contributed by atoms with Crippen LogP contribution in [-0.4, -0.2) is 38.1 Å². The van der Waals surface area contributed by atoms with Crippen molar-refractivity contribution >= 4 is 12.0 Å². The van der Waals surface area contributed by atoms with Gasteiger partial charge in [-0.05, 0) is 24.7 Å². The van der Waals surface area contributed by atoms with E-state index in [2.05, 4.69) is 34.8 Å². The molecular weight excluding hydrogens is 274 g/mol. The van der Waals surface area contributed by atoms with Crippen molar-refractivity contribution in [2.24, 2.45) is 11.8 Å². The SMILES string of the molecule is CC1CCC(NC(=O)NCc2cn(CC(=O)O)nn2)C1C. The Bertz CT molecular complexity index is 516. The molecule has 2 amide bonds. The molecule has 3 N–H and O–H groups in total. The van der Waals surface area contributed by atoms with E-state index in [0.717, 1.165) is 12.8 Å². The Balaban J connectivity index is 1.76. The molecular formula is C13H21N5O3. The molecule has 116 valence electrons. The van der Waals surface area contributed by atoms with Gasteiger partial charge in [0.05, 0.1) is 12.7 Å². The quantitative estimate of drug-likeness (QED) is 0.737. The lowest BCUT2D eigenvalue weighted by atomic mass is 9.98. The van der Waals surface area contributed by atoms with Gasteiger partial charge in [-0.25, -0.2) is 9.48 Å². The molecule has 2 rings (SSSR count). The van der Waals surface area contributed by atoms with E-state index in [-0.39, 0.29) is 25.2 Å². The summed E-state index contributed by atoms with van der Waals surface area (Å²) in [7, 11) is 0. The predicted molar refractivity (Wildman–Crippen MR) is 74.4 cm³/mol. The Morgan fingerprint density at radius 3 is 2.81 bits per heavy atom. The molecule has 21 heavy (non-hydrogen) atoms. The second-order valence-electron chi connectivity index (χ2n) is 5.65. The summed E-state index contributed by atoms with van der Waals surface area (Å²) < 4.78 is 1.22. The average Bonchev–Trinajstić information content (AvgIpc) is 2.97. The van der Waals surface area contributed by atoms with Crippen molar-refractivity contribution in [3.05, 3.63) is 11.9 Å². The summed E-state index contributed by atoms with van der Waals surface area (Å²) in [5.74, 6) is 0.125. The third-order valence-corrected chi connectivity index (χ3v) is 4.10. The highest BCUT2D eigenvalue weighted by Gasteiger charge is 2.30. The van der Waals surface area contributed by atoms with E-state index in [4.69, 9.17) is 5.11 Å². The molecule has 0 radical (unpaired) electrons. The zero-order chi connectivity index (χ0) is 15.4. The zero-order valence-corrected chi connectivity index (χ0v) is 12.2. The number of carbonyl (C=O) groups is 2. The van der Waals surface area contributed by atoms with E-state index in [0.29, 0.717) is 17.5 Å². The summed E-state index contributed by atoms with van der Waals surface area (Å²) >= 11 is 0. The minimum Gasteiger partial charge on any atom is -0.480 e. The number of urea groups is 1. The number of hydrogen-bond donors (Lipinski definition) is 3. The predicted octanol–water partition coefficient (Wildman–Crippen LogP) is 0.596. The summed E-state index contributed by atoms with van der Waals surface area (Å²) in [6, 6.07) is -0.0172. The van der Waals surface area contributed by atoms with E-state index < -0.39 is 5.97 Å². The minimum atomic E-state index is -0.985. The van der Waals surface area contributed by atoms with E-state index >= 15 is 0 Å². The first-order chi connectivity index (χ1) is 9.95. The van der Waals surface area contributed by atoms with Crippen LogP contribution in [0.3, 0.4) is 0 Å². The largest absolute Gasteiger partial charge is 0.480 e. The highest BCUT2D eigenvalue weighted by Crippen LogP contribution is 2.30. The molecule has 1 fully saturated rings. The molecule has 0 aromatic carbocycles. The van der Waals surface area contributed by atoms with Crippen LogP contribution in [0.25, 0.3) is 0 Å². The molecule has 3 atom stereocenters. The molecule has 0 spiro atoms. The highest BCUT2D eigenvalue weighted by molar-refractivity contribution is 5.74. The fourth-order valence-electron chi connectivity index (χ4n) is 2.59. The Morgan fingerprint density at radius 1 is 1.43 bits per heavy atom. The Hall–Kier alpha value is -2.12. The van der Waals surface area contributed by atoms with Crippen molar-refractivity contribution in [2.75, 3.05) is 0 Å². The smallest absolute Gasteiger partial charge is 0.325 e. The Morgan fingerprint density at radius 2 is 2.19 bits per heavy atom. The maximum Gasteiger partial charge on any atom is 0.325 e. The fourth-order valence-corrected chi connectivity index (χ4v) is 2.59. The number of amides is 2. The first-order valence-electron chi connectivity index (χ1n) is 7.11. The van der Waals surface area contributed by atoms with Crippen LogP contribution in [0, 0.1) is 11.8 Å². The van der Waals surface area contributed by atoms with Crippen molar-refractivity contribution in [3.8, 4) is 0 Å². The molecule has 1 aliphatic carbocycles. The van der Waals surface area contributed by atoms with Gasteiger partial charge in [-0.15, -0.1) is 5.10 Å².